The number of nitrogens with two attached hydrogens (primary N) is 1. The van der Waals surface area contributed by atoms with Gasteiger partial charge in [-0.1, -0.05) is 25.2 Å². The van der Waals surface area contributed by atoms with E-state index in [1.807, 2.05) is 6.92 Å². The maximum absolute atomic E-state index is 12.3. The zero-order chi connectivity index (χ0) is 14.9. The van der Waals surface area contributed by atoms with E-state index in [0.717, 1.165) is 13.0 Å². The Morgan fingerprint density at radius 1 is 1.60 bits per heavy atom. The summed E-state index contributed by atoms with van der Waals surface area (Å²) in [5.41, 5.74) is 5.74. The summed E-state index contributed by atoms with van der Waals surface area (Å²) >= 11 is 1.28. The summed E-state index contributed by atoms with van der Waals surface area (Å²) in [5.74, 6) is 0.126. The Hall–Kier alpha value is -1.34. The minimum absolute atomic E-state index is 0.0612. The minimum Gasteiger partial charge on any atom is -0.382 e. The van der Waals surface area contributed by atoms with Gasteiger partial charge in [0, 0.05) is 25.1 Å². The van der Waals surface area contributed by atoms with Gasteiger partial charge in [-0.3, -0.25) is 4.79 Å². The number of carbonyl (C=O) groups is 1. The normalized spacial score (nSPS) is 24.0. The van der Waals surface area contributed by atoms with Crippen molar-refractivity contribution >= 4 is 28.2 Å². The number of methoxy groups -OCH3 is 1. The lowest BCUT2D eigenvalue weighted by Crippen LogP contribution is -2.61. The van der Waals surface area contributed by atoms with E-state index in [2.05, 4.69) is 29.5 Å². The number of amides is 1. The van der Waals surface area contributed by atoms with E-state index in [9.17, 15) is 4.79 Å². The number of hydrogen-bond donors (Lipinski definition) is 3. The van der Waals surface area contributed by atoms with Gasteiger partial charge in [0.15, 0.2) is 5.13 Å². The molecule has 2 unspecified atom stereocenters. The van der Waals surface area contributed by atoms with E-state index in [-0.39, 0.29) is 29.3 Å². The molecule has 1 amide bonds. The lowest BCUT2D eigenvalue weighted by molar-refractivity contribution is -0.0942. The number of thiazole rings is 1. The second-order valence-corrected chi connectivity index (χ2v) is 6.57. The van der Waals surface area contributed by atoms with Gasteiger partial charge in [-0.15, -0.1) is 0 Å². The first kappa shape index (κ1) is 15.1. The van der Waals surface area contributed by atoms with Crippen LogP contribution in [0.2, 0.25) is 0 Å². The summed E-state index contributed by atoms with van der Waals surface area (Å²) in [5, 5.41) is 6.77. The molecular weight excluding hydrogens is 276 g/mol. The van der Waals surface area contributed by atoms with Crippen LogP contribution in [0.3, 0.4) is 0 Å². The molecule has 0 radical (unpaired) electrons. The minimum atomic E-state index is -0.156. The molecule has 0 aliphatic heterocycles. The molecule has 20 heavy (non-hydrogen) atoms. The van der Waals surface area contributed by atoms with Crippen molar-refractivity contribution in [3.8, 4) is 0 Å². The van der Waals surface area contributed by atoms with Crippen molar-refractivity contribution in [3.63, 3.8) is 0 Å². The van der Waals surface area contributed by atoms with Gasteiger partial charge in [0.1, 0.15) is 10.7 Å². The van der Waals surface area contributed by atoms with Gasteiger partial charge in [-0.25, -0.2) is 4.98 Å². The van der Waals surface area contributed by atoms with Gasteiger partial charge in [0.25, 0.3) is 5.91 Å². The van der Waals surface area contributed by atoms with Gasteiger partial charge in [-0.2, -0.15) is 0 Å². The largest absolute Gasteiger partial charge is 0.382 e. The number of rotatable bonds is 5. The predicted octanol–water partition coefficient (Wildman–Crippen LogP) is 1.70. The van der Waals surface area contributed by atoms with Crippen molar-refractivity contribution in [2.24, 2.45) is 5.41 Å². The number of nitrogens with zero attached hydrogens (tertiary/aromatic N) is 1. The molecule has 112 valence electrons. The average Bonchev–Trinajstić information content (AvgIpc) is 2.75. The smallest absolute Gasteiger partial charge is 0.265 e. The van der Waals surface area contributed by atoms with Crippen molar-refractivity contribution < 1.29 is 9.53 Å². The van der Waals surface area contributed by atoms with E-state index in [1.54, 1.807) is 7.11 Å². The lowest BCUT2D eigenvalue weighted by atomic mass is 9.64. The Morgan fingerprint density at radius 2 is 2.30 bits per heavy atom. The average molecular weight is 298 g/mol. The fraction of sp³-hybridized carbons (Fsp3) is 0.692. The molecule has 6 nitrogen and oxygen atoms in total. The van der Waals surface area contributed by atoms with Crippen molar-refractivity contribution in [1.29, 1.82) is 0 Å². The first-order valence-electron chi connectivity index (χ1n) is 6.74. The number of carbonyl (C=O) groups excluding carboxylic acids is 1. The first-order chi connectivity index (χ1) is 9.40. The third kappa shape index (κ3) is 2.60. The maximum atomic E-state index is 12.3. The van der Waals surface area contributed by atoms with Crippen LogP contribution in [-0.4, -0.2) is 36.7 Å². The molecule has 1 aromatic rings. The number of nitrogen functional groups attached to an aromatic ring is 1. The molecule has 2 rings (SSSR count). The molecule has 0 aromatic carbocycles. The standard InChI is InChI=1S/C13H22N4O2S/c1-5-15-12-17-10(14)9(20-12)11(18)16-7-6-8(19-4)13(7,2)3/h7-8H,5-6,14H2,1-4H3,(H,15,17)(H,16,18). The van der Waals surface area contributed by atoms with Crippen LogP contribution in [-0.2, 0) is 4.74 Å². The molecule has 1 aromatic heterocycles. The maximum Gasteiger partial charge on any atom is 0.265 e. The Bertz CT molecular complexity index is 501. The molecule has 4 N–H and O–H groups in total. The van der Waals surface area contributed by atoms with E-state index >= 15 is 0 Å². The van der Waals surface area contributed by atoms with Crippen LogP contribution in [0.15, 0.2) is 0 Å². The van der Waals surface area contributed by atoms with Crippen molar-refractivity contribution in [2.75, 3.05) is 24.7 Å². The molecule has 1 aliphatic rings. The summed E-state index contributed by atoms with van der Waals surface area (Å²) < 4.78 is 5.38. The van der Waals surface area contributed by atoms with Crippen LogP contribution in [0.4, 0.5) is 10.9 Å². The zero-order valence-electron chi connectivity index (χ0n) is 12.3. The van der Waals surface area contributed by atoms with E-state index in [4.69, 9.17) is 10.5 Å². The second kappa shape index (κ2) is 5.57. The highest BCUT2D eigenvalue weighted by atomic mass is 32.1. The van der Waals surface area contributed by atoms with Gasteiger partial charge in [0.2, 0.25) is 0 Å². The molecule has 0 bridgehead atoms. The highest BCUT2D eigenvalue weighted by Crippen LogP contribution is 2.42. The SMILES string of the molecule is CCNc1nc(N)c(C(=O)NC2CC(OC)C2(C)C)s1. The van der Waals surface area contributed by atoms with Gasteiger partial charge >= 0.3 is 0 Å². The fourth-order valence-electron chi connectivity index (χ4n) is 2.48. The lowest BCUT2D eigenvalue weighted by Gasteiger charge is -2.51. The van der Waals surface area contributed by atoms with E-state index in [0.29, 0.717) is 10.0 Å². The quantitative estimate of drug-likeness (QED) is 0.770. The molecule has 0 spiro atoms. The number of aromatic nitrogens is 1. The number of hydrogen-bond acceptors (Lipinski definition) is 6. The Morgan fingerprint density at radius 3 is 2.85 bits per heavy atom. The van der Waals surface area contributed by atoms with Crippen LogP contribution in [0.1, 0.15) is 36.9 Å². The summed E-state index contributed by atoms with van der Waals surface area (Å²) in [6.07, 6.45) is 1.01. The van der Waals surface area contributed by atoms with Crippen LogP contribution in [0, 0.1) is 5.41 Å². The Kier molecular flexibility index (Phi) is 4.19. The first-order valence-corrected chi connectivity index (χ1v) is 7.55. The summed E-state index contributed by atoms with van der Waals surface area (Å²) in [6, 6.07) is 0.101. The Labute approximate surface area is 123 Å². The van der Waals surface area contributed by atoms with E-state index < -0.39 is 0 Å². The monoisotopic (exact) mass is 298 g/mol. The molecule has 1 aliphatic carbocycles. The molecule has 1 heterocycles. The zero-order valence-corrected chi connectivity index (χ0v) is 13.1. The summed E-state index contributed by atoms with van der Waals surface area (Å²) in [4.78, 5) is 16.9. The van der Waals surface area contributed by atoms with Crippen molar-refractivity contribution in [3.05, 3.63) is 4.88 Å². The van der Waals surface area contributed by atoms with Crippen molar-refractivity contribution in [2.45, 2.75) is 39.3 Å². The number of nitrogens with one attached hydrogen (secondary N) is 2. The highest BCUT2D eigenvalue weighted by Gasteiger charge is 2.49. The molecule has 1 fully saturated rings. The second-order valence-electron chi connectivity index (χ2n) is 5.57. The summed E-state index contributed by atoms with van der Waals surface area (Å²) in [7, 11) is 1.70. The molecule has 2 atom stereocenters. The van der Waals surface area contributed by atoms with Gasteiger partial charge in [0.05, 0.1) is 6.10 Å². The van der Waals surface area contributed by atoms with E-state index in [1.165, 1.54) is 11.3 Å². The van der Waals surface area contributed by atoms with Crippen LogP contribution < -0.4 is 16.4 Å². The van der Waals surface area contributed by atoms with Crippen LogP contribution >= 0.6 is 11.3 Å². The Balaban J connectivity index is 2.03. The van der Waals surface area contributed by atoms with Gasteiger partial charge < -0.3 is 21.1 Å². The highest BCUT2D eigenvalue weighted by molar-refractivity contribution is 7.18. The predicted molar refractivity (Wildman–Crippen MR) is 81.1 cm³/mol. The fourth-order valence-corrected chi connectivity index (χ4v) is 3.33. The van der Waals surface area contributed by atoms with Gasteiger partial charge in [-0.05, 0) is 13.3 Å². The van der Waals surface area contributed by atoms with Crippen molar-refractivity contribution in [1.82, 2.24) is 10.3 Å². The van der Waals surface area contributed by atoms with Crippen LogP contribution in [0.25, 0.3) is 0 Å². The third-order valence-corrected chi connectivity index (χ3v) is 4.98. The molecule has 1 saturated carbocycles. The van der Waals surface area contributed by atoms with Crippen LogP contribution in [0.5, 0.6) is 0 Å². The molecular formula is C13H22N4O2S. The third-order valence-electron chi connectivity index (χ3n) is 3.96. The topological polar surface area (TPSA) is 89.3 Å². The molecule has 0 saturated heterocycles. The number of anilines is 2. The molecule has 7 heteroatoms. The summed E-state index contributed by atoms with van der Waals surface area (Å²) in [6.45, 7) is 6.91. The number of ether oxygens (including phenoxy) is 1.